The maximum atomic E-state index is 12.8. The highest BCUT2D eigenvalue weighted by atomic mass is 16.2. The van der Waals surface area contributed by atoms with Gasteiger partial charge in [-0.15, -0.1) is 0 Å². The van der Waals surface area contributed by atoms with E-state index >= 15 is 0 Å². The van der Waals surface area contributed by atoms with Crippen LogP contribution in [0, 0.1) is 6.92 Å². The Kier molecular flexibility index (Phi) is 4.78. The second-order valence-electron chi connectivity index (χ2n) is 6.66. The van der Waals surface area contributed by atoms with Gasteiger partial charge in [-0.2, -0.15) is 9.78 Å². The number of amides is 2. The molecule has 4 aromatic rings. The highest BCUT2D eigenvalue weighted by Crippen LogP contribution is 2.20. The number of aromatic nitrogens is 3. The summed E-state index contributed by atoms with van der Waals surface area (Å²) in [7, 11) is 0. The summed E-state index contributed by atoms with van der Waals surface area (Å²) in [6.07, 6.45) is 0. The Morgan fingerprint density at radius 3 is 2.59 bits per heavy atom. The molecule has 7 nitrogen and oxygen atoms in total. The average Bonchev–Trinajstić information content (AvgIpc) is 3.07. The minimum absolute atomic E-state index is 0.196. The van der Waals surface area contributed by atoms with Gasteiger partial charge in [-0.25, -0.2) is 4.98 Å². The van der Waals surface area contributed by atoms with Gasteiger partial charge in [0.1, 0.15) is 5.82 Å². The second kappa shape index (κ2) is 7.55. The molecule has 0 aliphatic heterocycles. The molecule has 2 aromatic carbocycles. The number of pyridine rings is 1. The van der Waals surface area contributed by atoms with Crippen LogP contribution < -0.4 is 10.6 Å². The zero-order valence-electron chi connectivity index (χ0n) is 16.0. The van der Waals surface area contributed by atoms with Crippen LogP contribution in [0.1, 0.15) is 23.0 Å². The van der Waals surface area contributed by atoms with Gasteiger partial charge in [0.25, 0.3) is 5.91 Å². The summed E-state index contributed by atoms with van der Waals surface area (Å²) in [5.74, 6) is 0.622. The first-order valence-electron chi connectivity index (χ1n) is 9.11. The summed E-state index contributed by atoms with van der Waals surface area (Å²) < 4.78 is 1.61. The molecule has 0 spiro atoms. The summed E-state index contributed by atoms with van der Waals surface area (Å²) >= 11 is 0. The molecule has 0 atom stereocenters. The second-order valence-corrected chi connectivity index (χ2v) is 6.66. The quantitative estimate of drug-likeness (QED) is 0.557. The summed E-state index contributed by atoms with van der Waals surface area (Å²) in [5.41, 5.74) is 2.58. The first kappa shape index (κ1) is 18.4. The van der Waals surface area contributed by atoms with E-state index in [-0.39, 0.29) is 11.8 Å². The Morgan fingerprint density at radius 1 is 0.931 bits per heavy atom. The summed E-state index contributed by atoms with van der Waals surface area (Å²) in [6, 6.07) is 20.2. The maximum Gasteiger partial charge on any atom is 0.256 e. The number of para-hydroxylation sites is 1. The molecule has 2 heterocycles. The Bertz CT molecular complexity index is 1230. The number of nitrogens with zero attached hydrogens (tertiary/aromatic N) is 3. The molecule has 2 aromatic heterocycles. The van der Waals surface area contributed by atoms with Crippen LogP contribution in [-0.2, 0) is 4.79 Å². The van der Waals surface area contributed by atoms with Gasteiger partial charge in [0, 0.05) is 29.6 Å². The lowest BCUT2D eigenvalue weighted by atomic mass is 10.2. The number of benzene rings is 2. The predicted molar refractivity (Wildman–Crippen MR) is 112 cm³/mol. The number of hydrogen-bond donors (Lipinski definition) is 2. The fourth-order valence-corrected chi connectivity index (χ4v) is 3.07. The number of rotatable bonds is 4. The van der Waals surface area contributed by atoms with Crippen molar-refractivity contribution >= 4 is 34.2 Å². The van der Waals surface area contributed by atoms with Gasteiger partial charge in [-0.3, -0.25) is 9.59 Å². The van der Waals surface area contributed by atoms with Gasteiger partial charge >= 0.3 is 0 Å². The lowest BCUT2D eigenvalue weighted by Crippen LogP contribution is -2.16. The van der Waals surface area contributed by atoms with Crippen molar-refractivity contribution in [2.24, 2.45) is 0 Å². The Hall–Kier alpha value is -4.00. The SMILES string of the molecule is CC(=O)Nc1cccc(C(=O)Nc2cc(C)nn2-c2ccc3ccccc3n2)c1. The van der Waals surface area contributed by atoms with Crippen LogP contribution in [0.5, 0.6) is 0 Å². The number of anilines is 2. The van der Waals surface area contributed by atoms with E-state index in [0.717, 1.165) is 16.6 Å². The van der Waals surface area contributed by atoms with Crippen LogP contribution in [-0.4, -0.2) is 26.6 Å². The molecule has 0 saturated heterocycles. The van der Waals surface area contributed by atoms with E-state index in [1.807, 2.05) is 43.3 Å². The van der Waals surface area contributed by atoms with E-state index < -0.39 is 0 Å². The fourth-order valence-electron chi connectivity index (χ4n) is 3.07. The van der Waals surface area contributed by atoms with E-state index in [9.17, 15) is 9.59 Å². The summed E-state index contributed by atoms with van der Waals surface area (Å²) in [6.45, 7) is 3.27. The fraction of sp³-hybridized carbons (Fsp3) is 0.0909. The Morgan fingerprint density at radius 2 is 1.76 bits per heavy atom. The molecule has 0 saturated carbocycles. The minimum atomic E-state index is -0.306. The zero-order chi connectivity index (χ0) is 20.4. The highest BCUT2D eigenvalue weighted by Gasteiger charge is 2.14. The van der Waals surface area contributed by atoms with Gasteiger partial charge < -0.3 is 10.6 Å². The van der Waals surface area contributed by atoms with Crippen LogP contribution in [0.4, 0.5) is 11.5 Å². The number of carbonyl (C=O) groups is 2. The monoisotopic (exact) mass is 385 g/mol. The van der Waals surface area contributed by atoms with Crippen molar-refractivity contribution in [3.05, 3.63) is 78.0 Å². The predicted octanol–water partition coefficient (Wildman–Crippen LogP) is 3.94. The molecule has 0 fully saturated rings. The molecule has 0 aliphatic carbocycles. The molecule has 2 amide bonds. The number of aryl methyl sites for hydroxylation is 1. The van der Waals surface area contributed by atoms with Gasteiger partial charge in [-0.05, 0) is 43.3 Å². The van der Waals surface area contributed by atoms with Gasteiger partial charge in [0.15, 0.2) is 5.82 Å². The van der Waals surface area contributed by atoms with Gasteiger partial charge in [-0.1, -0.05) is 24.3 Å². The van der Waals surface area contributed by atoms with Crippen molar-refractivity contribution in [3.63, 3.8) is 0 Å². The normalized spacial score (nSPS) is 10.7. The third-order valence-electron chi connectivity index (χ3n) is 4.32. The average molecular weight is 385 g/mol. The van der Waals surface area contributed by atoms with Crippen molar-refractivity contribution in [2.45, 2.75) is 13.8 Å². The zero-order valence-corrected chi connectivity index (χ0v) is 16.0. The molecular formula is C22H19N5O2. The smallest absolute Gasteiger partial charge is 0.256 e. The van der Waals surface area contributed by atoms with E-state index in [0.29, 0.717) is 22.9 Å². The first-order valence-corrected chi connectivity index (χ1v) is 9.11. The van der Waals surface area contributed by atoms with Crippen molar-refractivity contribution in [1.82, 2.24) is 14.8 Å². The Labute approximate surface area is 167 Å². The molecule has 29 heavy (non-hydrogen) atoms. The lowest BCUT2D eigenvalue weighted by molar-refractivity contribution is -0.114. The third kappa shape index (κ3) is 3.98. The third-order valence-corrected chi connectivity index (χ3v) is 4.32. The Balaban J connectivity index is 1.64. The van der Waals surface area contributed by atoms with E-state index in [2.05, 4.69) is 20.7 Å². The number of fused-ring (bicyclic) bond motifs is 1. The first-order chi connectivity index (χ1) is 14.0. The van der Waals surface area contributed by atoms with E-state index in [4.69, 9.17) is 0 Å². The maximum absolute atomic E-state index is 12.8. The molecule has 0 unspecified atom stereocenters. The van der Waals surface area contributed by atoms with Crippen molar-refractivity contribution < 1.29 is 9.59 Å². The van der Waals surface area contributed by atoms with Crippen LogP contribution in [0.3, 0.4) is 0 Å². The topological polar surface area (TPSA) is 88.9 Å². The van der Waals surface area contributed by atoms with Crippen LogP contribution in [0.25, 0.3) is 16.7 Å². The van der Waals surface area contributed by atoms with E-state index in [1.54, 1.807) is 35.0 Å². The molecule has 4 rings (SSSR count). The summed E-state index contributed by atoms with van der Waals surface area (Å²) in [5, 5.41) is 11.1. The van der Waals surface area contributed by atoms with Gasteiger partial charge in [0.2, 0.25) is 5.91 Å². The molecule has 144 valence electrons. The summed E-state index contributed by atoms with van der Waals surface area (Å²) in [4.78, 5) is 28.7. The number of nitrogens with one attached hydrogen (secondary N) is 2. The molecule has 0 bridgehead atoms. The van der Waals surface area contributed by atoms with Crippen molar-refractivity contribution in [3.8, 4) is 5.82 Å². The van der Waals surface area contributed by atoms with E-state index in [1.165, 1.54) is 6.92 Å². The molecule has 0 aliphatic rings. The van der Waals surface area contributed by atoms with Crippen LogP contribution in [0.15, 0.2) is 66.7 Å². The molecule has 7 heteroatoms. The highest BCUT2D eigenvalue weighted by molar-refractivity contribution is 6.05. The van der Waals surface area contributed by atoms with Crippen LogP contribution in [0.2, 0.25) is 0 Å². The number of hydrogen-bond acceptors (Lipinski definition) is 4. The van der Waals surface area contributed by atoms with Crippen molar-refractivity contribution in [1.29, 1.82) is 0 Å². The van der Waals surface area contributed by atoms with Gasteiger partial charge in [0.05, 0.1) is 11.2 Å². The van der Waals surface area contributed by atoms with Crippen LogP contribution >= 0.6 is 0 Å². The molecule has 2 N–H and O–H groups in total. The lowest BCUT2D eigenvalue weighted by Gasteiger charge is -2.10. The number of carbonyl (C=O) groups excluding carboxylic acids is 2. The standard InChI is InChI=1S/C22H19N5O2/c1-14-12-21(25-22(29)17-7-5-8-18(13-17)23-15(2)28)27(26-14)20-11-10-16-6-3-4-9-19(16)24-20/h3-13H,1-2H3,(H,23,28)(H,25,29). The molecular weight excluding hydrogens is 366 g/mol. The largest absolute Gasteiger partial charge is 0.326 e. The molecule has 0 radical (unpaired) electrons. The van der Waals surface area contributed by atoms with Crippen molar-refractivity contribution in [2.75, 3.05) is 10.6 Å². The minimum Gasteiger partial charge on any atom is -0.326 e.